The standard InChI is InChI=1S/C25H22N4OS/c1-17-10-12-18(13-11-17)24-26-27-25(31)29(24)16-23(30)28-14-19-6-2-4-8-21(19)22-9-5-3-7-20(22)15-28/h2-13H,14-16H2,1H3,(H,27,31). The third kappa shape index (κ3) is 3.70. The van der Waals surface area contributed by atoms with E-state index in [-0.39, 0.29) is 12.5 Å². The molecule has 4 aromatic rings. The number of rotatable bonds is 3. The van der Waals surface area contributed by atoms with Gasteiger partial charge in [-0.25, -0.2) is 0 Å². The Kier molecular flexibility index (Phi) is 5.00. The highest BCUT2D eigenvalue weighted by atomic mass is 32.1. The summed E-state index contributed by atoms with van der Waals surface area (Å²) in [6, 6.07) is 24.7. The number of hydrogen-bond acceptors (Lipinski definition) is 3. The van der Waals surface area contributed by atoms with Crippen LogP contribution >= 0.6 is 12.2 Å². The number of nitrogens with zero attached hydrogens (tertiary/aromatic N) is 3. The van der Waals surface area contributed by atoms with Gasteiger partial charge in [-0.05, 0) is 41.4 Å². The van der Waals surface area contributed by atoms with Gasteiger partial charge in [-0.3, -0.25) is 14.5 Å². The molecule has 6 heteroatoms. The van der Waals surface area contributed by atoms with Gasteiger partial charge in [0.2, 0.25) is 5.91 Å². The van der Waals surface area contributed by atoms with Gasteiger partial charge < -0.3 is 4.90 Å². The van der Waals surface area contributed by atoms with Crippen LogP contribution in [0.5, 0.6) is 0 Å². The van der Waals surface area contributed by atoms with E-state index in [4.69, 9.17) is 12.2 Å². The summed E-state index contributed by atoms with van der Waals surface area (Å²) in [5.41, 5.74) is 6.77. The summed E-state index contributed by atoms with van der Waals surface area (Å²) in [4.78, 5) is 15.3. The molecule has 0 radical (unpaired) electrons. The van der Waals surface area contributed by atoms with Gasteiger partial charge in [-0.15, -0.1) is 0 Å². The van der Waals surface area contributed by atoms with Gasteiger partial charge in [0.15, 0.2) is 10.6 Å². The van der Waals surface area contributed by atoms with Crippen LogP contribution in [0.4, 0.5) is 0 Å². The van der Waals surface area contributed by atoms with Crippen molar-refractivity contribution >= 4 is 18.1 Å². The number of aryl methyl sites for hydroxylation is 1. The Bertz CT molecular complexity index is 1270. The molecule has 0 saturated heterocycles. The normalized spacial score (nSPS) is 12.7. The Morgan fingerprint density at radius 1 is 0.935 bits per heavy atom. The van der Waals surface area contributed by atoms with E-state index in [1.165, 1.54) is 16.7 Å². The zero-order valence-corrected chi connectivity index (χ0v) is 18.0. The topological polar surface area (TPSA) is 53.9 Å². The van der Waals surface area contributed by atoms with Gasteiger partial charge in [0.05, 0.1) is 0 Å². The van der Waals surface area contributed by atoms with E-state index in [2.05, 4.69) is 34.5 Å². The van der Waals surface area contributed by atoms with Crippen LogP contribution in [0.15, 0.2) is 72.8 Å². The Labute approximate surface area is 186 Å². The van der Waals surface area contributed by atoms with Crippen molar-refractivity contribution in [1.29, 1.82) is 0 Å². The first-order valence-corrected chi connectivity index (χ1v) is 10.7. The monoisotopic (exact) mass is 426 g/mol. The molecule has 2 heterocycles. The minimum absolute atomic E-state index is 0.0115. The number of hydrogen-bond donors (Lipinski definition) is 1. The summed E-state index contributed by atoms with van der Waals surface area (Å²) in [7, 11) is 0. The first-order valence-electron chi connectivity index (χ1n) is 10.3. The molecule has 0 atom stereocenters. The SMILES string of the molecule is Cc1ccc(-c2n[nH]c(=S)n2CC(=O)N2Cc3ccccc3-c3ccccc3C2)cc1. The quantitative estimate of drug-likeness (QED) is 0.462. The Hall–Kier alpha value is -3.51. The van der Waals surface area contributed by atoms with Crippen LogP contribution in [0.1, 0.15) is 16.7 Å². The van der Waals surface area contributed by atoms with Gasteiger partial charge in [0.1, 0.15) is 6.54 Å². The molecule has 31 heavy (non-hydrogen) atoms. The highest BCUT2D eigenvalue weighted by molar-refractivity contribution is 7.71. The number of fused-ring (bicyclic) bond motifs is 3. The number of H-pyrrole nitrogens is 1. The fourth-order valence-corrected chi connectivity index (χ4v) is 4.30. The van der Waals surface area contributed by atoms with Crippen molar-refractivity contribution in [1.82, 2.24) is 19.7 Å². The molecular formula is C25H22N4OS. The fraction of sp³-hybridized carbons (Fsp3) is 0.160. The number of aromatic amines is 1. The van der Waals surface area contributed by atoms with E-state index in [0.29, 0.717) is 23.7 Å². The van der Waals surface area contributed by atoms with Crippen molar-refractivity contribution in [2.75, 3.05) is 0 Å². The summed E-state index contributed by atoms with van der Waals surface area (Å²) < 4.78 is 2.23. The van der Waals surface area contributed by atoms with Crippen LogP contribution in [-0.2, 0) is 24.4 Å². The van der Waals surface area contributed by atoms with Gasteiger partial charge in [-0.1, -0.05) is 78.4 Å². The third-order valence-corrected chi connectivity index (χ3v) is 6.07. The summed E-state index contributed by atoms with van der Waals surface area (Å²) >= 11 is 5.45. The highest BCUT2D eigenvalue weighted by Crippen LogP contribution is 2.32. The maximum Gasteiger partial charge on any atom is 0.243 e. The van der Waals surface area contributed by atoms with Crippen molar-refractivity contribution in [2.45, 2.75) is 26.6 Å². The molecule has 1 aromatic heterocycles. The Balaban J connectivity index is 1.48. The second-order valence-corrected chi connectivity index (χ2v) is 8.26. The Morgan fingerprint density at radius 3 is 2.13 bits per heavy atom. The summed E-state index contributed by atoms with van der Waals surface area (Å²) in [5.74, 6) is 0.686. The molecular weight excluding hydrogens is 404 g/mol. The smallest absolute Gasteiger partial charge is 0.243 e. The van der Waals surface area contributed by atoms with Crippen LogP contribution in [0.2, 0.25) is 0 Å². The zero-order chi connectivity index (χ0) is 21.4. The third-order valence-electron chi connectivity index (χ3n) is 5.76. The summed E-state index contributed by atoms with van der Waals surface area (Å²) in [6.07, 6.45) is 0. The predicted octanol–water partition coefficient (Wildman–Crippen LogP) is 5.13. The van der Waals surface area contributed by atoms with Crippen LogP contribution < -0.4 is 0 Å². The number of nitrogens with one attached hydrogen (secondary N) is 1. The minimum Gasteiger partial charge on any atom is -0.332 e. The molecule has 0 aliphatic carbocycles. The van der Waals surface area contributed by atoms with Crippen LogP contribution in [-0.4, -0.2) is 25.6 Å². The van der Waals surface area contributed by atoms with Crippen molar-refractivity contribution in [3.8, 4) is 22.5 Å². The average molecular weight is 427 g/mol. The molecule has 0 fully saturated rings. The largest absolute Gasteiger partial charge is 0.332 e. The molecule has 0 spiro atoms. The molecule has 1 aliphatic rings. The number of carbonyl (C=O) groups is 1. The van der Waals surface area contributed by atoms with Crippen LogP contribution in [0.25, 0.3) is 22.5 Å². The average Bonchev–Trinajstić information content (AvgIpc) is 3.05. The van der Waals surface area contributed by atoms with E-state index in [9.17, 15) is 4.79 Å². The lowest BCUT2D eigenvalue weighted by Gasteiger charge is -2.22. The number of carbonyl (C=O) groups excluding carboxylic acids is 1. The van der Waals surface area contributed by atoms with Gasteiger partial charge in [0, 0.05) is 18.7 Å². The molecule has 154 valence electrons. The first kappa shape index (κ1) is 19.5. The molecule has 0 saturated carbocycles. The predicted molar refractivity (Wildman–Crippen MR) is 124 cm³/mol. The lowest BCUT2D eigenvalue weighted by molar-refractivity contribution is -0.133. The molecule has 5 nitrogen and oxygen atoms in total. The number of benzene rings is 3. The van der Waals surface area contributed by atoms with Crippen molar-refractivity contribution in [2.24, 2.45) is 0 Å². The van der Waals surface area contributed by atoms with Gasteiger partial charge >= 0.3 is 0 Å². The summed E-state index contributed by atoms with van der Waals surface area (Å²) in [5, 5.41) is 7.23. The fourth-order valence-electron chi connectivity index (χ4n) is 4.11. The highest BCUT2D eigenvalue weighted by Gasteiger charge is 2.23. The molecule has 0 unspecified atom stereocenters. The first-order chi connectivity index (χ1) is 15.1. The Morgan fingerprint density at radius 2 is 1.52 bits per heavy atom. The van der Waals surface area contributed by atoms with Crippen molar-refractivity contribution < 1.29 is 4.79 Å². The maximum atomic E-state index is 13.4. The molecule has 5 rings (SSSR count). The lowest BCUT2D eigenvalue weighted by atomic mass is 9.97. The summed E-state index contributed by atoms with van der Waals surface area (Å²) in [6.45, 7) is 3.31. The van der Waals surface area contributed by atoms with Crippen molar-refractivity contribution in [3.05, 3.63) is 94.3 Å². The maximum absolute atomic E-state index is 13.4. The molecule has 1 N–H and O–H groups in total. The number of aromatic nitrogens is 3. The van der Waals surface area contributed by atoms with E-state index in [1.54, 1.807) is 4.57 Å². The van der Waals surface area contributed by atoms with Gasteiger partial charge in [-0.2, -0.15) is 5.10 Å². The van der Waals surface area contributed by atoms with Crippen molar-refractivity contribution in [3.63, 3.8) is 0 Å². The lowest BCUT2D eigenvalue weighted by Crippen LogP contribution is -2.32. The van der Waals surface area contributed by atoms with E-state index < -0.39 is 0 Å². The second-order valence-electron chi connectivity index (χ2n) is 7.87. The number of amides is 1. The zero-order valence-electron chi connectivity index (χ0n) is 17.2. The molecule has 3 aromatic carbocycles. The van der Waals surface area contributed by atoms with Crippen LogP contribution in [0.3, 0.4) is 0 Å². The van der Waals surface area contributed by atoms with E-state index in [1.807, 2.05) is 60.4 Å². The van der Waals surface area contributed by atoms with Gasteiger partial charge in [0.25, 0.3) is 0 Å². The van der Waals surface area contributed by atoms with E-state index in [0.717, 1.165) is 16.7 Å². The second kappa shape index (κ2) is 7.96. The van der Waals surface area contributed by atoms with E-state index >= 15 is 0 Å². The minimum atomic E-state index is 0.0115. The molecule has 0 bridgehead atoms. The molecule has 1 amide bonds. The van der Waals surface area contributed by atoms with Crippen LogP contribution in [0, 0.1) is 11.7 Å². The molecule has 1 aliphatic heterocycles.